The largest absolute Gasteiger partial charge is 0.395 e. The van der Waals surface area contributed by atoms with Crippen LogP contribution in [0, 0.1) is 0 Å². The fourth-order valence-corrected chi connectivity index (χ4v) is 1.33. The van der Waals surface area contributed by atoms with Crippen molar-refractivity contribution >= 4 is 5.95 Å². The van der Waals surface area contributed by atoms with Crippen LogP contribution in [0.3, 0.4) is 0 Å². The topological polar surface area (TPSA) is 75.3 Å². The minimum absolute atomic E-state index is 0.0917. The number of nitrogens with zero attached hydrogens (tertiary/aromatic N) is 3. The number of aliphatic hydroxyl groups excluding tert-OH is 1. The maximum atomic E-state index is 8.95. The third kappa shape index (κ3) is 3.14. The van der Waals surface area contributed by atoms with E-state index >= 15 is 0 Å². The highest BCUT2D eigenvalue weighted by Gasteiger charge is 2.12. The standard InChI is InChI=1S/C10H18N4O/c1-8(2)14(5-6-15)10-12-4-3-9(7-11)13-10/h3-4,8,15H,5-7,11H2,1-2H3. The Morgan fingerprint density at radius 3 is 2.80 bits per heavy atom. The van der Waals surface area contributed by atoms with Gasteiger partial charge >= 0.3 is 0 Å². The van der Waals surface area contributed by atoms with Gasteiger partial charge in [0.1, 0.15) is 0 Å². The highest BCUT2D eigenvalue weighted by Crippen LogP contribution is 2.10. The molecule has 0 aliphatic heterocycles. The lowest BCUT2D eigenvalue weighted by atomic mass is 10.3. The van der Waals surface area contributed by atoms with Crippen molar-refractivity contribution in [2.24, 2.45) is 5.73 Å². The highest BCUT2D eigenvalue weighted by atomic mass is 16.3. The lowest BCUT2D eigenvalue weighted by molar-refractivity contribution is 0.298. The van der Waals surface area contributed by atoms with E-state index in [4.69, 9.17) is 10.8 Å². The zero-order valence-corrected chi connectivity index (χ0v) is 9.22. The van der Waals surface area contributed by atoms with Gasteiger partial charge in [0.2, 0.25) is 5.95 Å². The molecule has 0 fully saturated rings. The number of anilines is 1. The molecule has 1 heterocycles. The van der Waals surface area contributed by atoms with Crippen LogP contribution >= 0.6 is 0 Å². The Bertz CT molecular complexity index is 303. The summed E-state index contributed by atoms with van der Waals surface area (Å²) >= 11 is 0. The van der Waals surface area contributed by atoms with Crippen LogP contribution < -0.4 is 10.6 Å². The Morgan fingerprint density at radius 1 is 1.53 bits per heavy atom. The molecule has 1 aromatic heterocycles. The van der Waals surface area contributed by atoms with Crippen LogP contribution in [0.25, 0.3) is 0 Å². The Morgan fingerprint density at radius 2 is 2.27 bits per heavy atom. The second-order valence-electron chi connectivity index (χ2n) is 3.56. The van der Waals surface area contributed by atoms with Crippen molar-refractivity contribution < 1.29 is 5.11 Å². The zero-order valence-electron chi connectivity index (χ0n) is 9.22. The van der Waals surface area contributed by atoms with E-state index in [0.717, 1.165) is 5.69 Å². The van der Waals surface area contributed by atoms with Gasteiger partial charge < -0.3 is 15.7 Å². The molecule has 0 saturated carbocycles. The second kappa shape index (κ2) is 5.63. The Kier molecular flexibility index (Phi) is 4.45. The summed E-state index contributed by atoms with van der Waals surface area (Å²) in [6.07, 6.45) is 1.69. The number of nitrogens with two attached hydrogens (primary N) is 1. The van der Waals surface area contributed by atoms with Crippen LogP contribution in [0.1, 0.15) is 19.5 Å². The molecule has 5 heteroatoms. The normalized spacial score (nSPS) is 10.7. The first-order valence-corrected chi connectivity index (χ1v) is 5.08. The van der Waals surface area contributed by atoms with Crippen molar-refractivity contribution in [3.8, 4) is 0 Å². The maximum Gasteiger partial charge on any atom is 0.225 e. The van der Waals surface area contributed by atoms with E-state index in [9.17, 15) is 0 Å². The number of rotatable bonds is 5. The quantitative estimate of drug-likeness (QED) is 0.723. The summed E-state index contributed by atoms with van der Waals surface area (Å²) in [6.45, 7) is 5.10. The van der Waals surface area contributed by atoms with Gasteiger partial charge in [-0.25, -0.2) is 9.97 Å². The summed E-state index contributed by atoms with van der Waals surface area (Å²) in [5, 5.41) is 8.95. The molecule has 3 N–H and O–H groups in total. The molecule has 1 rings (SSSR count). The van der Waals surface area contributed by atoms with E-state index in [2.05, 4.69) is 9.97 Å². The molecule has 0 aliphatic rings. The molecule has 0 atom stereocenters. The van der Waals surface area contributed by atoms with Crippen molar-refractivity contribution in [3.63, 3.8) is 0 Å². The number of aliphatic hydroxyl groups is 1. The van der Waals surface area contributed by atoms with Gasteiger partial charge in [0.05, 0.1) is 12.3 Å². The van der Waals surface area contributed by atoms with Gasteiger partial charge in [-0.05, 0) is 19.9 Å². The van der Waals surface area contributed by atoms with E-state index in [1.165, 1.54) is 0 Å². The predicted molar refractivity (Wildman–Crippen MR) is 59.5 cm³/mol. The van der Waals surface area contributed by atoms with E-state index in [0.29, 0.717) is 19.0 Å². The van der Waals surface area contributed by atoms with Crippen molar-refractivity contribution in [2.75, 3.05) is 18.1 Å². The Hall–Kier alpha value is -1.20. The zero-order chi connectivity index (χ0) is 11.3. The summed E-state index contributed by atoms with van der Waals surface area (Å²) in [5.74, 6) is 0.627. The minimum atomic E-state index is 0.0917. The van der Waals surface area contributed by atoms with Gasteiger partial charge in [0.25, 0.3) is 0 Å². The van der Waals surface area contributed by atoms with Crippen molar-refractivity contribution in [2.45, 2.75) is 26.4 Å². The van der Waals surface area contributed by atoms with Crippen LogP contribution in [-0.2, 0) is 6.54 Å². The molecule has 0 radical (unpaired) electrons. The molecule has 5 nitrogen and oxygen atoms in total. The summed E-state index contributed by atoms with van der Waals surface area (Å²) < 4.78 is 0. The van der Waals surface area contributed by atoms with E-state index in [-0.39, 0.29) is 12.6 Å². The first-order chi connectivity index (χ1) is 7.19. The van der Waals surface area contributed by atoms with Crippen LogP contribution in [0.5, 0.6) is 0 Å². The predicted octanol–water partition coefficient (Wildman–Crippen LogP) is 0.142. The number of hydrogen-bond acceptors (Lipinski definition) is 5. The second-order valence-corrected chi connectivity index (χ2v) is 3.56. The molecule has 0 aliphatic carbocycles. The van der Waals surface area contributed by atoms with E-state index in [1.807, 2.05) is 18.7 Å². The molecule has 0 amide bonds. The minimum Gasteiger partial charge on any atom is -0.395 e. The van der Waals surface area contributed by atoms with Crippen molar-refractivity contribution in [3.05, 3.63) is 18.0 Å². The van der Waals surface area contributed by atoms with E-state index in [1.54, 1.807) is 12.3 Å². The number of aromatic nitrogens is 2. The Balaban J connectivity index is 2.89. The maximum absolute atomic E-state index is 8.95. The summed E-state index contributed by atoms with van der Waals surface area (Å²) in [7, 11) is 0. The molecule has 0 unspecified atom stereocenters. The van der Waals surface area contributed by atoms with Crippen LogP contribution in [0.2, 0.25) is 0 Å². The Labute approximate surface area is 90.0 Å². The molecule has 15 heavy (non-hydrogen) atoms. The summed E-state index contributed by atoms with van der Waals surface area (Å²) in [4.78, 5) is 10.4. The van der Waals surface area contributed by atoms with Crippen LogP contribution in [0.4, 0.5) is 5.95 Å². The van der Waals surface area contributed by atoms with Gasteiger partial charge in [-0.3, -0.25) is 0 Å². The third-order valence-electron chi connectivity index (χ3n) is 2.13. The summed E-state index contributed by atoms with van der Waals surface area (Å²) in [6, 6.07) is 2.05. The van der Waals surface area contributed by atoms with Gasteiger partial charge in [-0.1, -0.05) is 0 Å². The first kappa shape index (κ1) is 11.9. The fourth-order valence-electron chi connectivity index (χ4n) is 1.33. The fraction of sp³-hybridized carbons (Fsp3) is 0.600. The lowest BCUT2D eigenvalue weighted by Gasteiger charge is -2.25. The van der Waals surface area contributed by atoms with Gasteiger partial charge in [-0.2, -0.15) is 0 Å². The molecule has 0 saturated heterocycles. The molecule has 0 spiro atoms. The van der Waals surface area contributed by atoms with Gasteiger partial charge in [-0.15, -0.1) is 0 Å². The third-order valence-corrected chi connectivity index (χ3v) is 2.13. The highest BCUT2D eigenvalue weighted by molar-refractivity contribution is 5.31. The average molecular weight is 210 g/mol. The average Bonchev–Trinajstić information content (AvgIpc) is 2.25. The van der Waals surface area contributed by atoms with Crippen LogP contribution in [-0.4, -0.2) is 34.3 Å². The smallest absolute Gasteiger partial charge is 0.225 e. The lowest BCUT2D eigenvalue weighted by Crippen LogP contribution is -2.35. The molecular weight excluding hydrogens is 192 g/mol. The van der Waals surface area contributed by atoms with Crippen LogP contribution in [0.15, 0.2) is 12.3 Å². The van der Waals surface area contributed by atoms with E-state index < -0.39 is 0 Å². The van der Waals surface area contributed by atoms with Gasteiger partial charge in [0.15, 0.2) is 0 Å². The number of hydrogen-bond donors (Lipinski definition) is 2. The van der Waals surface area contributed by atoms with Crippen molar-refractivity contribution in [1.82, 2.24) is 9.97 Å². The monoisotopic (exact) mass is 210 g/mol. The first-order valence-electron chi connectivity index (χ1n) is 5.08. The molecular formula is C10H18N4O. The molecule has 1 aromatic rings. The SMILES string of the molecule is CC(C)N(CCO)c1nccc(CN)n1. The van der Waals surface area contributed by atoms with Crippen molar-refractivity contribution in [1.29, 1.82) is 0 Å². The molecule has 0 bridgehead atoms. The summed E-state index contributed by atoms with van der Waals surface area (Å²) in [5.41, 5.74) is 6.32. The van der Waals surface area contributed by atoms with Gasteiger partial charge in [0, 0.05) is 25.3 Å². The molecule has 0 aromatic carbocycles. The molecule has 84 valence electrons.